The lowest BCUT2D eigenvalue weighted by Crippen LogP contribution is -1.90. The SMILES string of the molecule is Cc1ccnc(Sc2ccc(CO)c(C)c2)n1. The third-order valence-electron chi connectivity index (χ3n) is 2.47. The van der Waals surface area contributed by atoms with Crippen molar-refractivity contribution in [3.63, 3.8) is 0 Å². The van der Waals surface area contributed by atoms with Crippen molar-refractivity contribution in [2.45, 2.75) is 30.5 Å². The zero-order chi connectivity index (χ0) is 12.3. The molecule has 0 atom stereocenters. The molecular weight excluding hydrogens is 232 g/mol. The van der Waals surface area contributed by atoms with Crippen molar-refractivity contribution >= 4 is 11.8 Å². The van der Waals surface area contributed by atoms with E-state index in [9.17, 15) is 0 Å². The van der Waals surface area contributed by atoms with Gasteiger partial charge in [-0.15, -0.1) is 0 Å². The van der Waals surface area contributed by atoms with E-state index in [0.29, 0.717) is 0 Å². The molecule has 0 spiro atoms. The summed E-state index contributed by atoms with van der Waals surface area (Å²) in [5.41, 5.74) is 3.01. The minimum Gasteiger partial charge on any atom is -0.392 e. The summed E-state index contributed by atoms with van der Waals surface area (Å²) in [6, 6.07) is 7.84. The molecule has 0 aliphatic carbocycles. The van der Waals surface area contributed by atoms with E-state index in [-0.39, 0.29) is 6.61 Å². The molecule has 1 aromatic heterocycles. The maximum Gasteiger partial charge on any atom is 0.192 e. The molecule has 0 bridgehead atoms. The Hall–Kier alpha value is -1.39. The highest BCUT2D eigenvalue weighted by Gasteiger charge is 2.03. The zero-order valence-electron chi connectivity index (χ0n) is 9.84. The Labute approximate surface area is 105 Å². The molecule has 1 aromatic carbocycles. The van der Waals surface area contributed by atoms with Gasteiger partial charge in [-0.1, -0.05) is 6.07 Å². The minimum absolute atomic E-state index is 0.0811. The minimum atomic E-state index is 0.0811. The van der Waals surface area contributed by atoms with Gasteiger partial charge in [0.05, 0.1) is 6.61 Å². The average molecular weight is 246 g/mol. The van der Waals surface area contributed by atoms with Crippen LogP contribution in [0.4, 0.5) is 0 Å². The molecule has 0 aliphatic heterocycles. The molecule has 0 fully saturated rings. The van der Waals surface area contributed by atoms with E-state index in [1.807, 2.05) is 38.1 Å². The predicted molar refractivity (Wildman–Crippen MR) is 68.0 cm³/mol. The highest BCUT2D eigenvalue weighted by molar-refractivity contribution is 7.99. The van der Waals surface area contributed by atoms with Gasteiger partial charge in [0.25, 0.3) is 0 Å². The number of aliphatic hydroxyl groups is 1. The van der Waals surface area contributed by atoms with E-state index in [2.05, 4.69) is 9.97 Å². The Morgan fingerprint density at radius 2 is 2.06 bits per heavy atom. The summed E-state index contributed by atoms with van der Waals surface area (Å²) >= 11 is 1.53. The summed E-state index contributed by atoms with van der Waals surface area (Å²) in [7, 11) is 0. The first-order valence-electron chi connectivity index (χ1n) is 5.37. The van der Waals surface area contributed by atoms with Crippen LogP contribution in [0.1, 0.15) is 16.8 Å². The molecular formula is C13H14N2OS. The van der Waals surface area contributed by atoms with Gasteiger partial charge in [0, 0.05) is 16.8 Å². The third-order valence-corrected chi connectivity index (χ3v) is 3.34. The second kappa shape index (κ2) is 5.29. The van der Waals surface area contributed by atoms with E-state index in [0.717, 1.165) is 26.9 Å². The Bertz CT molecular complexity index is 529. The van der Waals surface area contributed by atoms with Gasteiger partial charge < -0.3 is 5.11 Å². The molecule has 88 valence electrons. The van der Waals surface area contributed by atoms with Gasteiger partial charge in [-0.2, -0.15) is 0 Å². The third kappa shape index (κ3) is 3.05. The number of nitrogens with zero attached hydrogens (tertiary/aromatic N) is 2. The lowest BCUT2D eigenvalue weighted by Gasteiger charge is -2.05. The van der Waals surface area contributed by atoms with Gasteiger partial charge in [-0.05, 0) is 54.9 Å². The molecule has 0 amide bonds. The number of rotatable bonds is 3. The summed E-state index contributed by atoms with van der Waals surface area (Å²) in [6.45, 7) is 4.02. The molecule has 0 radical (unpaired) electrons. The molecule has 0 saturated carbocycles. The zero-order valence-corrected chi connectivity index (χ0v) is 10.7. The van der Waals surface area contributed by atoms with Crippen LogP contribution >= 0.6 is 11.8 Å². The predicted octanol–water partition coefficient (Wildman–Crippen LogP) is 2.74. The molecule has 2 rings (SSSR count). The second-order valence-electron chi connectivity index (χ2n) is 3.83. The topological polar surface area (TPSA) is 46.0 Å². The van der Waals surface area contributed by atoms with E-state index in [1.165, 1.54) is 11.8 Å². The largest absolute Gasteiger partial charge is 0.392 e. The fourth-order valence-corrected chi connectivity index (χ4v) is 2.38. The van der Waals surface area contributed by atoms with Crippen LogP contribution in [0.3, 0.4) is 0 Å². The van der Waals surface area contributed by atoms with Crippen LogP contribution in [0.5, 0.6) is 0 Å². The van der Waals surface area contributed by atoms with Crippen LogP contribution in [0.15, 0.2) is 40.5 Å². The van der Waals surface area contributed by atoms with Crippen LogP contribution in [-0.4, -0.2) is 15.1 Å². The van der Waals surface area contributed by atoms with Crippen molar-refractivity contribution in [3.05, 3.63) is 47.3 Å². The van der Waals surface area contributed by atoms with Crippen molar-refractivity contribution in [2.24, 2.45) is 0 Å². The number of hydrogen-bond acceptors (Lipinski definition) is 4. The number of benzene rings is 1. The van der Waals surface area contributed by atoms with Crippen molar-refractivity contribution in [3.8, 4) is 0 Å². The summed E-state index contributed by atoms with van der Waals surface area (Å²) in [5, 5.41) is 9.86. The van der Waals surface area contributed by atoms with Crippen molar-refractivity contribution < 1.29 is 5.11 Å². The smallest absolute Gasteiger partial charge is 0.192 e. The van der Waals surface area contributed by atoms with E-state index in [1.54, 1.807) is 6.20 Å². The molecule has 17 heavy (non-hydrogen) atoms. The standard InChI is InChI=1S/C13H14N2OS/c1-9-7-12(4-3-11(9)8-16)17-13-14-6-5-10(2)15-13/h3-7,16H,8H2,1-2H3. The van der Waals surface area contributed by atoms with Crippen LogP contribution in [-0.2, 0) is 6.61 Å². The second-order valence-corrected chi connectivity index (χ2v) is 4.87. The first-order chi connectivity index (χ1) is 8.19. The van der Waals surface area contributed by atoms with Gasteiger partial charge >= 0.3 is 0 Å². The maximum absolute atomic E-state index is 9.10. The number of hydrogen-bond donors (Lipinski definition) is 1. The molecule has 1 N–H and O–H groups in total. The molecule has 1 heterocycles. The normalized spacial score (nSPS) is 10.5. The van der Waals surface area contributed by atoms with Crippen LogP contribution in [0, 0.1) is 13.8 Å². The van der Waals surface area contributed by atoms with E-state index >= 15 is 0 Å². The van der Waals surface area contributed by atoms with Crippen LogP contribution < -0.4 is 0 Å². The molecule has 0 unspecified atom stereocenters. The van der Waals surface area contributed by atoms with Gasteiger partial charge in [0.1, 0.15) is 0 Å². The number of aliphatic hydroxyl groups excluding tert-OH is 1. The maximum atomic E-state index is 9.10. The van der Waals surface area contributed by atoms with Gasteiger partial charge in [0.2, 0.25) is 0 Å². The molecule has 0 aliphatic rings. The lowest BCUT2D eigenvalue weighted by molar-refractivity contribution is 0.281. The van der Waals surface area contributed by atoms with Crippen molar-refractivity contribution in [1.82, 2.24) is 9.97 Å². The highest BCUT2D eigenvalue weighted by Crippen LogP contribution is 2.26. The van der Waals surface area contributed by atoms with Crippen LogP contribution in [0.25, 0.3) is 0 Å². The van der Waals surface area contributed by atoms with E-state index in [4.69, 9.17) is 5.11 Å². The summed E-state index contributed by atoms with van der Waals surface area (Å²) in [6.07, 6.45) is 1.76. The first-order valence-corrected chi connectivity index (χ1v) is 6.18. The Morgan fingerprint density at radius 3 is 2.71 bits per heavy atom. The van der Waals surface area contributed by atoms with Gasteiger partial charge in [0.15, 0.2) is 5.16 Å². The highest BCUT2D eigenvalue weighted by atomic mass is 32.2. The van der Waals surface area contributed by atoms with Crippen molar-refractivity contribution in [2.75, 3.05) is 0 Å². The molecule has 0 saturated heterocycles. The molecule has 4 heteroatoms. The molecule has 2 aromatic rings. The average Bonchev–Trinajstić information content (AvgIpc) is 2.29. The summed E-state index contributed by atoms with van der Waals surface area (Å²) < 4.78 is 0. The fraction of sp³-hybridized carbons (Fsp3) is 0.231. The van der Waals surface area contributed by atoms with Crippen LogP contribution in [0.2, 0.25) is 0 Å². The number of aryl methyl sites for hydroxylation is 2. The monoisotopic (exact) mass is 246 g/mol. The Balaban J connectivity index is 2.22. The lowest BCUT2D eigenvalue weighted by atomic mass is 10.1. The van der Waals surface area contributed by atoms with Gasteiger partial charge in [-0.25, -0.2) is 9.97 Å². The van der Waals surface area contributed by atoms with E-state index < -0.39 is 0 Å². The quantitative estimate of drug-likeness (QED) is 0.846. The Morgan fingerprint density at radius 1 is 1.24 bits per heavy atom. The van der Waals surface area contributed by atoms with Crippen molar-refractivity contribution in [1.29, 1.82) is 0 Å². The van der Waals surface area contributed by atoms with Gasteiger partial charge in [-0.3, -0.25) is 0 Å². The summed E-state index contributed by atoms with van der Waals surface area (Å²) in [4.78, 5) is 9.64. The fourth-order valence-electron chi connectivity index (χ4n) is 1.49. The number of aromatic nitrogens is 2. The molecule has 3 nitrogen and oxygen atoms in total. The first kappa shape index (κ1) is 12.1. The summed E-state index contributed by atoms with van der Waals surface area (Å²) in [5.74, 6) is 0. The Kier molecular flexibility index (Phi) is 3.76.